The van der Waals surface area contributed by atoms with E-state index in [2.05, 4.69) is 10.4 Å². The number of imide groups is 1. The SMILES string of the molecule is Cn1cc(C2CC(=O)NC(=O)C2C2CCCC2)cn1. The summed E-state index contributed by atoms with van der Waals surface area (Å²) in [7, 11) is 1.86. The Morgan fingerprint density at radius 2 is 2.05 bits per heavy atom. The van der Waals surface area contributed by atoms with Crippen molar-refractivity contribution in [2.45, 2.75) is 38.0 Å². The number of carbonyl (C=O) groups is 2. The van der Waals surface area contributed by atoms with Crippen LogP contribution >= 0.6 is 0 Å². The van der Waals surface area contributed by atoms with Crippen LogP contribution in [0.5, 0.6) is 0 Å². The molecule has 1 aliphatic carbocycles. The molecule has 1 saturated heterocycles. The Labute approximate surface area is 112 Å². The molecule has 2 heterocycles. The number of hydrogen-bond acceptors (Lipinski definition) is 3. The second kappa shape index (κ2) is 4.79. The van der Waals surface area contributed by atoms with Crippen LogP contribution in [0.1, 0.15) is 43.6 Å². The number of nitrogens with one attached hydrogen (secondary N) is 1. The zero-order valence-electron chi connectivity index (χ0n) is 11.1. The van der Waals surface area contributed by atoms with E-state index in [1.54, 1.807) is 10.9 Å². The molecule has 1 saturated carbocycles. The Morgan fingerprint density at radius 1 is 1.32 bits per heavy atom. The highest BCUT2D eigenvalue weighted by Crippen LogP contribution is 2.42. The lowest BCUT2D eigenvalue weighted by Gasteiger charge is -2.33. The van der Waals surface area contributed by atoms with Crippen molar-refractivity contribution >= 4 is 11.8 Å². The molecule has 0 radical (unpaired) electrons. The van der Waals surface area contributed by atoms with Gasteiger partial charge in [0.25, 0.3) is 0 Å². The van der Waals surface area contributed by atoms with Crippen molar-refractivity contribution in [2.75, 3.05) is 0 Å². The third kappa shape index (κ3) is 2.29. The zero-order chi connectivity index (χ0) is 13.4. The first-order valence-electron chi connectivity index (χ1n) is 6.97. The summed E-state index contributed by atoms with van der Waals surface area (Å²) in [4.78, 5) is 23.9. The van der Waals surface area contributed by atoms with Gasteiger partial charge in [-0.25, -0.2) is 0 Å². The van der Waals surface area contributed by atoms with Crippen LogP contribution in [0.25, 0.3) is 0 Å². The Kier molecular flexibility index (Phi) is 3.12. The number of hydrogen-bond donors (Lipinski definition) is 1. The summed E-state index contributed by atoms with van der Waals surface area (Å²) in [5, 5.41) is 6.68. The predicted molar refractivity (Wildman–Crippen MR) is 69.2 cm³/mol. The molecule has 3 rings (SSSR count). The van der Waals surface area contributed by atoms with Gasteiger partial charge in [0, 0.05) is 31.5 Å². The Bertz CT molecular complexity index is 503. The van der Waals surface area contributed by atoms with Crippen molar-refractivity contribution in [1.82, 2.24) is 15.1 Å². The van der Waals surface area contributed by atoms with Crippen molar-refractivity contribution in [3.8, 4) is 0 Å². The third-order valence-corrected chi connectivity index (χ3v) is 4.46. The second-order valence-electron chi connectivity index (χ2n) is 5.74. The average molecular weight is 261 g/mol. The van der Waals surface area contributed by atoms with E-state index in [9.17, 15) is 9.59 Å². The molecule has 1 aliphatic heterocycles. The number of amides is 2. The zero-order valence-corrected chi connectivity index (χ0v) is 11.1. The maximum absolute atomic E-state index is 12.2. The Hall–Kier alpha value is -1.65. The second-order valence-corrected chi connectivity index (χ2v) is 5.74. The molecule has 102 valence electrons. The van der Waals surface area contributed by atoms with Crippen LogP contribution in [0.15, 0.2) is 12.4 Å². The van der Waals surface area contributed by atoms with Crippen molar-refractivity contribution in [2.24, 2.45) is 18.9 Å². The van der Waals surface area contributed by atoms with Crippen molar-refractivity contribution in [1.29, 1.82) is 0 Å². The van der Waals surface area contributed by atoms with Gasteiger partial charge in [0.1, 0.15) is 0 Å². The summed E-state index contributed by atoms with van der Waals surface area (Å²) in [5.74, 6) is 0.103. The fourth-order valence-electron chi connectivity index (χ4n) is 3.60. The van der Waals surface area contributed by atoms with Gasteiger partial charge in [0.15, 0.2) is 0 Å². The first-order valence-corrected chi connectivity index (χ1v) is 6.97. The van der Waals surface area contributed by atoms with Crippen molar-refractivity contribution in [3.05, 3.63) is 18.0 Å². The molecule has 5 heteroatoms. The molecule has 2 atom stereocenters. The highest BCUT2D eigenvalue weighted by molar-refractivity contribution is 6.00. The molecule has 2 fully saturated rings. The topological polar surface area (TPSA) is 64.0 Å². The minimum atomic E-state index is -0.159. The molecule has 1 aromatic heterocycles. The quantitative estimate of drug-likeness (QED) is 0.817. The van der Waals surface area contributed by atoms with E-state index in [0.29, 0.717) is 12.3 Å². The first-order chi connectivity index (χ1) is 9.15. The maximum Gasteiger partial charge on any atom is 0.230 e. The van der Waals surface area contributed by atoms with Gasteiger partial charge in [0.05, 0.1) is 6.20 Å². The number of carbonyl (C=O) groups excluding carboxylic acids is 2. The maximum atomic E-state index is 12.2. The van der Waals surface area contributed by atoms with Crippen LogP contribution < -0.4 is 5.32 Å². The predicted octanol–water partition coefficient (Wildman–Crippen LogP) is 1.36. The van der Waals surface area contributed by atoms with E-state index in [1.165, 1.54) is 12.8 Å². The molecule has 0 aromatic carbocycles. The highest BCUT2D eigenvalue weighted by Gasteiger charge is 2.42. The number of piperidine rings is 1. The number of aromatic nitrogens is 2. The van der Waals surface area contributed by atoms with E-state index in [4.69, 9.17) is 0 Å². The van der Waals surface area contributed by atoms with E-state index in [1.807, 2.05) is 13.2 Å². The number of nitrogens with zero attached hydrogens (tertiary/aromatic N) is 2. The van der Waals surface area contributed by atoms with Crippen LogP contribution in [0.3, 0.4) is 0 Å². The van der Waals surface area contributed by atoms with Gasteiger partial charge >= 0.3 is 0 Å². The standard InChI is InChI=1S/C14H19N3O2/c1-17-8-10(7-15-17)11-6-12(18)16-14(19)13(11)9-4-2-3-5-9/h7-9,11,13H,2-6H2,1H3,(H,16,18,19). The van der Waals surface area contributed by atoms with Crippen molar-refractivity contribution < 1.29 is 9.59 Å². The van der Waals surface area contributed by atoms with Crippen LogP contribution in [0.2, 0.25) is 0 Å². The summed E-state index contributed by atoms with van der Waals surface area (Å²) < 4.78 is 1.73. The fraction of sp³-hybridized carbons (Fsp3) is 0.643. The molecule has 2 amide bonds. The molecule has 1 N–H and O–H groups in total. The molecule has 2 aliphatic rings. The van der Waals surface area contributed by atoms with Crippen LogP contribution in [0.4, 0.5) is 0 Å². The van der Waals surface area contributed by atoms with Gasteiger partial charge in [0.2, 0.25) is 11.8 Å². The summed E-state index contributed by atoms with van der Waals surface area (Å²) in [5.41, 5.74) is 1.02. The van der Waals surface area contributed by atoms with Crippen molar-refractivity contribution in [3.63, 3.8) is 0 Å². The van der Waals surface area contributed by atoms with Gasteiger partial charge in [-0.2, -0.15) is 5.10 Å². The average Bonchev–Trinajstić information content (AvgIpc) is 2.99. The van der Waals surface area contributed by atoms with Crippen LogP contribution in [-0.4, -0.2) is 21.6 Å². The van der Waals surface area contributed by atoms with Gasteiger partial charge < -0.3 is 0 Å². The summed E-state index contributed by atoms with van der Waals surface area (Å²) in [6.45, 7) is 0. The molecule has 5 nitrogen and oxygen atoms in total. The van der Waals surface area contributed by atoms with E-state index >= 15 is 0 Å². The number of rotatable bonds is 2. The minimum Gasteiger partial charge on any atom is -0.296 e. The third-order valence-electron chi connectivity index (χ3n) is 4.46. The molecule has 1 aromatic rings. The van der Waals surface area contributed by atoms with Gasteiger partial charge in [-0.15, -0.1) is 0 Å². The molecule has 0 bridgehead atoms. The highest BCUT2D eigenvalue weighted by atomic mass is 16.2. The molecular weight excluding hydrogens is 242 g/mol. The fourth-order valence-corrected chi connectivity index (χ4v) is 3.60. The van der Waals surface area contributed by atoms with Crippen LogP contribution in [0, 0.1) is 11.8 Å². The lowest BCUT2D eigenvalue weighted by atomic mass is 9.73. The largest absolute Gasteiger partial charge is 0.296 e. The molecule has 19 heavy (non-hydrogen) atoms. The molecule has 2 unspecified atom stereocenters. The number of aryl methyl sites for hydroxylation is 1. The normalized spacial score (nSPS) is 28.7. The van der Waals surface area contributed by atoms with Gasteiger partial charge in [-0.1, -0.05) is 12.8 Å². The van der Waals surface area contributed by atoms with E-state index < -0.39 is 0 Å². The smallest absolute Gasteiger partial charge is 0.230 e. The summed E-state index contributed by atoms with van der Waals surface area (Å²) in [6, 6.07) is 0. The first kappa shape index (κ1) is 12.4. The van der Waals surface area contributed by atoms with E-state index in [0.717, 1.165) is 18.4 Å². The Balaban J connectivity index is 1.91. The Morgan fingerprint density at radius 3 is 2.68 bits per heavy atom. The van der Waals surface area contributed by atoms with Crippen LogP contribution in [-0.2, 0) is 16.6 Å². The summed E-state index contributed by atoms with van der Waals surface area (Å²) in [6.07, 6.45) is 8.71. The minimum absolute atomic E-state index is 0.00181. The lowest BCUT2D eigenvalue weighted by molar-refractivity contribution is -0.138. The lowest BCUT2D eigenvalue weighted by Crippen LogP contribution is -2.47. The van der Waals surface area contributed by atoms with Gasteiger partial charge in [-0.05, 0) is 24.3 Å². The van der Waals surface area contributed by atoms with E-state index in [-0.39, 0.29) is 23.7 Å². The molecular formula is C14H19N3O2. The van der Waals surface area contributed by atoms with Gasteiger partial charge in [-0.3, -0.25) is 19.6 Å². The summed E-state index contributed by atoms with van der Waals surface area (Å²) >= 11 is 0. The monoisotopic (exact) mass is 261 g/mol. The molecule has 0 spiro atoms.